The Balaban J connectivity index is 2.00. The Bertz CT molecular complexity index is 562. The summed E-state index contributed by atoms with van der Waals surface area (Å²) in [4.78, 5) is 12.0. The molecule has 0 aromatic heterocycles. The number of rotatable bonds is 6. The highest BCUT2D eigenvalue weighted by molar-refractivity contribution is 5.94. The molecular weight excluding hydrogens is 266 g/mol. The molecule has 1 amide bonds. The molecule has 0 aliphatic carbocycles. The van der Waals surface area contributed by atoms with Crippen molar-refractivity contribution in [2.75, 3.05) is 20.8 Å². The number of benzene rings is 2. The Morgan fingerprint density at radius 1 is 0.952 bits per heavy atom. The first kappa shape index (κ1) is 15.2. The van der Waals surface area contributed by atoms with Crippen LogP contribution in [-0.2, 0) is 9.47 Å². The molecule has 0 saturated heterocycles. The number of carbonyl (C=O) groups excluding carboxylic acids is 1. The van der Waals surface area contributed by atoms with Gasteiger partial charge in [-0.25, -0.2) is 0 Å². The zero-order valence-corrected chi connectivity index (χ0v) is 12.2. The van der Waals surface area contributed by atoms with E-state index in [0.29, 0.717) is 12.1 Å². The van der Waals surface area contributed by atoms with Gasteiger partial charge in [-0.15, -0.1) is 0 Å². The van der Waals surface area contributed by atoms with Gasteiger partial charge in [-0.2, -0.15) is 0 Å². The summed E-state index contributed by atoms with van der Waals surface area (Å²) in [6.45, 7) is 0.312. The third-order valence-corrected chi connectivity index (χ3v) is 3.21. The Hall–Kier alpha value is -2.17. The van der Waals surface area contributed by atoms with Crippen molar-refractivity contribution in [1.29, 1.82) is 0 Å². The fourth-order valence-electron chi connectivity index (χ4n) is 1.99. The minimum atomic E-state index is -0.433. The normalized spacial score (nSPS) is 10.6. The number of nitrogens with one attached hydrogen (secondary N) is 1. The standard InChI is InChI=1S/C17H19NO3/c1-20-16(21-2)12-18-17(19)15-10-8-14(9-11-15)13-6-4-3-5-7-13/h3-11,16H,12H2,1-2H3,(H,18,19). The van der Waals surface area contributed by atoms with Crippen molar-refractivity contribution in [3.05, 3.63) is 60.2 Å². The Kier molecular flexibility index (Phi) is 5.49. The van der Waals surface area contributed by atoms with Crippen molar-refractivity contribution in [2.24, 2.45) is 0 Å². The van der Waals surface area contributed by atoms with Gasteiger partial charge in [0.2, 0.25) is 0 Å². The van der Waals surface area contributed by atoms with Crippen molar-refractivity contribution in [2.45, 2.75) is 6.29 Å². The average molecular weight is 285 g/mol. The number of hydrogen-bond acceptors (Lipinski definition) is 3. The van der Waals surface area contributed by atoms with Crippen LogP contribution in [0.15, 0.2) is 54.6 Å². The number of methoxy groups -OCH3 is 2. The molecule has 4 heteroatoms. The predicted octanol–water partition coefficient (Wildman–Crippen LogP) is 2.70. The third-order valence-electron chi connectivity index (χ3n) is 3.21. The second-order valence-electron chi connectivity index (χ2n) is 4.55. The second kappa shape index (κ2) is 7.57. The zero-order valence-electron chi connectivity index (χ0n) is 12.2. The summed E-state index contributed by atoms with van der Waals surface area (Å²) in [5.41, 5.74) is 2.82. The Morgan fingerprint density at radius 2 is 1.52 bits per heavy atom. The summed E-state index contributed by atoms with van der Waals surface area (Å²) in [6.07, 6.45) is -0.433. The minimum absolute atomic E-state index is 0.145. The summed E-state index contributed by atoms with van der Waals surface area (Å²) < 4.78 is 10.1. The van der Waals surface area contributed by atoms with Gasteiger partial charge in [0.15, 0.2) is 6.29 Å². The lowest BCUT2D eigenvalue weighted by molar-refractivity contribution is -0.0974. The van der Waals surface area contributed by atoms with Crippen molar-refractivity contribution in [3.8, 4) is 11.1 Å². The monoisotopic (exact) mass is 285 g/mol. The highest BCUT2D eigenvalue weighted by atomic mass is 16.7. The molecule has 4 nitrogen and oxygen atoms in total. The molecule has 0 aliphatic heterocycles. The molecule has 0 atom stereocenters. The van der Waals surface area contributed by atoms with E-state index < -0.39 is 6.29 Å². The molecule has 0 aliphatic rings. The number of amides is 1. The average Bonchev–Trinajstić information content (AvgIpc) is 2.56. The molecule has 0 heterocycles. The summed E-state index contributed by atoms with van der Waals surface area (Å²) in [5.74, 6) is -0.145. The van der Waals surface area contributed by atoms with Crippen LogP contribution in [0.3, 0.4) is 0 Å². The van der Waals surface area contributed by atoms with E-state index in [1.54, 1.807) is 0 Å². The highest BCUT2D eigenvalue weighted by Crippen LogP contribution is 2.19. The topological polar surface area (TPSA) is 47.6 Å². The first-order chi connectivity index (χ1) is 10.2. The minimum Gasteiger partial charge on any atom is -0.354 e. The SMILES string of the molecule is COC(CNC(=O)c1ccc(-c2ccccc2)cc1)OC. The molecular formula is C17H19NO3. The van der Waals surface area contributed by atoms with Crippen LogP contribution in [0.2, 0.25) is 0 Å². The fourth-order valence-corrected chi connectivity index (χ4v) is 1.99. The maximum Gasteiger partial charge on any atom is 0.251 e. The molecule has 0 fully saturated rings. The lowest BCUT2D eigenvalue weighted by Gasteiger charge is -2.14. The van der Waals surface area contributed by atoms with Crippen LogP contribution in [-0.4, -0.2) is 33.0 Å². The molecule has 0 bridgehead atoms. The van der Waals surface area contributed by atoms with E-state index in [2.05, 4.69) is 5.32 Å². The molecule has 0 unspecified atom stereocenters. The van der Waals surface area contributed by atoms with Gasteiger partial charge in [-0.05, 0) is 23.3 Å². The number of ether oxygens (including phenoxy) is 2. The molecule has 0 saturated carbocycles. The van der Waals surface area contributed by atoms with Gasteiger partial charge < -0.3 is 14.8 Å². The summed E-state index contributed by atoms with van der Waals surface area (Å²) in [7, 11) is 3.07. The quantitative estimate of drug-likeness (QED) is 0.830. The first-order valence-corrected chi connectivity index (χ1v) is 6.74. The van der Waals surface area contributed by atoms with E-state index in [-0.39, 0.29) is 5.91 Å². The van der Waals surface area contributed by atoms with Crippen molar-refractivity contribution in [1.82, 2.24) is 5.32 Å². The zero-order chi connectivity index (χ0) is 15.1. The van der Waals surface area contributed by atoms with Crippen molar-refractivity contribution in [3.63, 3.8) is 0 Å². The molecule has 2 rings (SSSR count). The molecule has 0 spiro atoms. The van der Waals surface area contributed by atoms with Crippen LogP contribution in [0.25, 0.3) is 11.1 Å². The van der Waals surface area contributed by atoms with Crippen LogP contribution >= 0.6 is 0 Å². The first-order valence-electron chi connectivity index (χ1n) is 6.74. The van der Waals surface area contributed by atoms with Gasteiger partial charge in [0.25, 0.3) is 5.91 Å². The van der Waals surface area contributed by atoms with Gasteiger partial charge in [0.1, 0.15) is 0 Å². The Labute approximate surface area is 124 Å². The van der Waals surface area contributed by atoms with Crippen LogP contribution in [0.5, 0.6) is 0 Å². The molecule has 21 heavy (non-hydrogen) atoms. The van der Waals surface area contributed by atoms with E-state index >= 15 is 0 Å². The smallest absolute Gasteiger partial charge is 0.251 e. The van der Waals surface area contributed by atoms with E-state index in [4.69, 9.17) is 9.47 Å². The molecule has 2 aromatic carbocycles. The van der Waals surface area contributed by atoms with Gasteiger partial charge in [-0.1, -0.05) is 42.5 Å². The van der Waals surface area contributed by atoms with Crippen molar-refractivity contribution >= 4 is 5.91 Å². The number of carbonyl (C=O) groups is 1. The number of hydrogen-bond donors (Lipinski definition) is 1. The highest BCUT2D eigenvalue weighted by Gasteiger charge is 2.09. The van der Waals surface area contributed by atoms with Gasteiger partial charge in [0, 0.05) is 19.8 Å². The molecule has 1 N–H and O–H groups in total. The Morgan fingerprint density at radius 3 is 2.10 bits per heavy atom. The van der Waals surface area contributed by atoms with E-state index in [9.17, 15) is 4.79 Å². The maximum absolute atomic E-state index is 12.0. The van der Waals surface area contributed by atoms with Crippen molar-refractivity contribution < 1.29 is 14.3 Å². The molecule has 0 radical (unpaired) electrons. The second-order valence-corrected chi connectivity index (χ2v) is 4.55. The van der Waals surface area contributed by atoms with Gasteiger partial charge in [0.05, 0.1) is 6.54 Å². The predicted molar refractivity (Wildman–Crippen MR) is 82.0 cm³/mol. The van der Waals surface area contributed by atoms with E-state index in [1.807, 2.05) is 54.6 Å². The summed E-state index contributed by atoms with van der Waals surface area (Å²) in [5, 5.41) is 2.77. The van der Waals surface area contributed by atoms with Crippen LogP contribution in [0.4, 0.5) is 0 Å². The molecule has 110 valence electrons. The maximum atomic E-state index is 12.0. The van der Waals surface area contributed by atoms with Crippen LogP contribution in [0, 0.1) is 0 Å². The lowest BCUT2D eigenvalue weighted by atomic mass is 10.0. The van der Waals surface area contributed by atoms with E-state index in [0.717, 1.165) is 11.1 Å². The largest absolute Gasteiger partial charge is 0.354 e. The fraction of sp³-hybridized carbons (Fsp3) is 0.235. The van der Waals surface area contributed by atoms with Crippen LogP contribution in [0.1, 0.15) is 10.4 Å². The molecule has 2 aromatic rings. The summed E-state index contributed by atoms with van der Waals surface area (Å²) >= 11 is 0. The van der Waals surface area contributed by atoms with E-state index in [1.165, 1.54) is 14.2 Å². The van der Waals surface area contributed by atoms with Crippen LogP contribution < -0.4 is 5.32 Å². The lowest BCUT2D eigenvalue weighted by Crippen LogP contribution is -2.34. The van der Waals surface area contributed by atoms with Gasteiger partial charge in [-0.3, -0.25) is 4.79 Å². The third kappa shape index (κ3) is 4.15. The van der Waals surface area contributed by atoms with Gasteiger partial charge >= 0.3 is 0 Å². The summed E-state index contributed by atoms with van der Waals surface area (Å²) in [6, 6.07) is 17.5.